The highest BCUT2D eigenvalue weighted by Crippen LogP contribution is 2.17. The van der Waals surface area contributed by atoms with Crippen molar-refractivity contribution in [3.8, 4) is 0 Å². The van der Waals surface area contributed by atoms with E-state index in [1.54, 1.807) is 30.6 Å². The van der Waals surface area contributed by atoms with Crippen LogP contribution in [0, 0.1) is 6.92 Å². The van der Waals surface area contributed by atoms with Gasteiger partial charge < -0.3 is 15.1 Å². The van der Waals surface area contributed by atoms with Crippen molar-refractivity contribution < 1.29 is 9.59 Å². The van der Waals surface area contributed by atoms with Crippen LogP contribution < -0.4 is 10.2 Å². The average molecular weight is 339 g/mol. The van der Waals surface area contributed by atoms with E-state index in [1.807, 2.05) is 17.9 Å². The summed E-state index contributed by atoms with van der Waals surface area (Å²) < 4.78 is 0. The van der Waals surface area contributed by atoms with E-state index in [2.05, 4.69) is 20.2 Å². The van der Waals surface area contributed by atoms with Crippen molar-refractivity contribution in [3.63, 3.8) is 0 Å². The van der Waals surface area contributed by atoms with E-state index in [-0.39, 0.29) is 11.8 Å². The zero-order chi connectivity index (χ0) is 17.8. The lowest BCUT2D eigenvalue weighted by Crippen LogP contribution is -2.49. The Morgan fingerprint density at radius 3 is 2.52 bits per heavy atom. The normalized spacial score (nSPS) is 14.3. The van der Waals surface area contributed by atoms with Crippen LogP contribution in [0.5, 0.6) is 0 Å². The Morgan fingerprint density at radius 2 is 1.84 bits per heavy atom. The van der Waals surface area contributed by atoms with Crippen molar-refractivity contribution >= 4 is 23.3 Å². The summed E-state index contributed by atoms with van der Waals surface area (Å²) in [6.07, 6.45) is 1.57. The highest BCUT2D eigenvalue weighted by molar-refractivity contribution is 5.97. The minimum atomic E-state index is -0.154. The van der Waals surface area contributed by atoms with Gasteiger partial charge in [-0.3, -0.25) is 9.59 Å². The highest BCUT2D eigenvalue weighted by Gasteiger charge is 2.23. The van der Waals surface area contributed by atoms with Gasteiger partial charge in [-0.25, -0.2) is 9.97 Å². The van der Waals surface area contributed by atoms with E-state index in [9.17, 15) is 9.59 Å². The number of hydrogen-bond donors (Lipinski definition) is 1. The highest BCUT2D eigenvalue weighted by atomic mass is 16.2. The molecule has 0 radical (unpaired) electrons. The van der Waals surface area contributed by atoms with Crippen LogP contribution in [-0.2, 0) is 4.79 Å². The second-order valence-corrected chi connectivity index (χ2v) is 6.06. The lowest BCUT2D eigenvalue weighted by Gasteiger charge is -2.35. The molecule has 1 aliphatic rings. The summed E-state index contributed by atoms with van der Waals surface area (Å²) in [6, 6.07) is 8.98. The summed E-state index contributed by atoms with van der Waals surface area (Å²) >= 11 is 0. The molecule has 25 heavy (non-hydrogen) atoms. The van der Waals surface area contributed by atoms with Crippen LogP contribution >= 0.6 is 0 Å². The Morgan fingerprint density at radius 1 is 1.08 bits per heavy atom. The molecule has 0 spiro atoms. The number of piperazine rings is 1. The molecular weight excluding hydrogens is 318 g/mol. The molecule has 1 aromatic heterocycles. The fourth-order valence-corrected chi connectivity index (χ4v) is 2.87. The zero-order valence-corrected chi connectivity index (χ0v) is 14.4. The van der Waals surface area contributed by atoms with Crippen LogP contribution in [0.1, 0.15) is 23.0 Å². The Labute approximate surface area is 146 Å². The van der Waals surface area contributed by atoms with Crippen molar-refractivity contribution in [1.29, 1.82) is 0 Å². The Kier molecular flexibility index (Phi) is 4.92. The molecule has 0 bridgehead atoms. The number of carbonyl (C=O) groups is 2. The van der Waals surface area contributed by atoms with Crippen LogP contribution in [0.15, 0.2) is 36.7 Å². The number of hydrogen-bond acceptors (Lipinski definition) is 5. The van der Waals surface area contributed by atoms with Gasteiger partial charge in [-0.2, -0.15) is 0 Å². The predicted octanol–water partition coefficient (Wildman–Crippen LogP) is 1.71. The van der Waals surface area contributed by atoms with Crippen LogP contribution in [0.2, 0.25) is 0 Å². The van der Waals surface area contributed by atoms with E-state index < -0.39 is 0 Å². The van der Waals surface area contributed by atoms with Crippen molar-refractivity contribution in [2.75, 3.05) is 36.4 Å². The number of aromatic nitrogens is 2. The third-order valence-corrected chi connectivity index (χ3v) is 4.11. The second kappa shape index (κ2) is 7.29. The summed E-state index contributed by atoms with van der Waals surface area (Å²) in [5, 5.41) is 2.70. The maximum absolute atomic E-state index is 12.7. The summed E-state index contributed by atoms with van der Waals surface area (Å²) in [5.74, 6) is 0.719. The standard InChI is InChI=1S/C18H21N5O2/c1-13-10-17(20-12-19-13)22-6-8-23(9-7-22)18(25)15-4-3-5-16(11-15)21-14(2)24/h3-5,10-12H,6-9H2,1-2H3,(H,21,24). The van der Waals surface area contributed by atoms with Gasteiger partial charge >= 0.3 is 0 Å². The molecule has 0 atom stereocenters. The first-order valence-electron chi connectivity index (χ1n) is 8.23. The lowest BCUT2D eigenvalue weighted by molar-refractivity contribution is -0.114. The SMILES string of the molecule is CC(=O)Nc1cccc(C(=O)N2CCN(c3cc(C)ncn3)CC2)c1. The number of anilines is 2. The molecule has 0 saturated carbocycles. The lowest BCUT2D eigenvalue weighted by atomic mass is 10.1. The smallest absolute Gasteiger partial charge is 0.254 e. The largest absolute Gasteiger partial charge is 0.353 e. The predicted molar refractivity (Wildman–Crippen MR) is 95.6 cm³/mol. The number of nitrogens with one attached hydrogen (secondary N) is 1. The molecule has 2 amide bonds. The van der Waals surface area contributed by atoms with Crippen LogP contribution in [-0.4, -0.2) is 52.9 Å². The van der Waals surface area contributed by atoms with Gasteiger partial charge in [0.1, 0.15) is 12.1 Å². The third-order valence-electron chi connectivity index (χ3n) is 4.11. The van der Waals surface area contributed by atoms with Gasteiger partial charge in [-0.15, -0.1) is 0 Å². The van der Waals surface area contributed by atoms with Crippen LogP contribution in [0.25, 0.3) is 0 Å². The van der Waals surface area contributed by atoms with Gasteiger partial charge in [0.25, 0.3) is 5.91 Å². The molecular formula is C18H21N5O2. The minimum Gasteiger partial charge on any atom is -0.353 e. The molecule has 1 saturated heterocycles. The fraction of sp³-hybridized carbons (Fsp3) is 0.333. The van der Waals surface area contributed by atoms with Crippen LogP contribution in [0.3, 0.4) is 0 Å². The number of aryl methyl sites for hydroxylation is 1. The van der Waals surface area contributed by atoms with Crippen molar-refractivity contribution in [1.82, 2.24) is 14.9 Å². The first kappa shape index (κ1) is 16.9. The van der Waals surface area contributed by atoms with E-state index in [1.165, 1.54) is 6.92 Å². The van der Waals surface area contributed by atoms with Gasteiger partial charge in [0.15, 0.2) is 0 Å². The van der Waals surface area contributed by atoms with E-state index in [4.69, 9.17) is 0 Å². The molecule has 2 heterocycles. The van der Waals surface area contributed by atoms with E-state index >= 15 is 0 Å². The maximum atomic E-state index is 12.7. The molecule has 1 fully saturated rings. The monoisotopic (exact) mass is 339 g/mol. The van der Waals surface area contributed by atoms with Gasteiger partial charge in [0.05, 0.1) is 0 Å². The summed E-state index contributed by atoms with van der Waals surface area (Å²) in [6.45, 7) is 6.11. The molecule has 7 nitrogen and oxygen atoms in total. The van der Waals surface area contributed by atoms with Gasteiger partial charge in [0.2, 0.25) is 5.91 Å². The topological polar surface area (TPSA) is 78.4 Å². The maximum Gasteiger partial charge on any atom is 0.254 e. The van der Waals surface area contributed by atoms with Gasteiger partial charge in [-0.05, 0) is 25.1 Å². The Bertz CT molecular complexity index is 785. The number of benzene rings is 1. The van der Waals surface area contributed by atoms with Crippen molar-refractivity contribution in [2.24, 2.45) is 0 Å². The van der Waals surface area contributed by atoms with E-state index in [0.717, 1.165) is 24.6 Å². The molecule has 3 rings (SSSR count). The zero-order valence-electron chi connectivity index (χ0n) is 14.4. The first-order valence-corrected chi connectivity index (χ1v) is 8.23. The van der Waals surface area contributed by atoms with Crippen molar-refractivity contribution in [2.45, 2.75) is 13.8 Å². The van der Waals surface area contributed by atoms with Gasteiger partial charge in [0, 0.05) is 56.1 Å². The summed E-state index contributed by atoms with van der Waals surface area (Å²) in [4.78, 5) is 36.3. The quantitative estimate of drug-likeness (QED) is 0.921. The molecule has 1 aromatic carbocycles. The second-order valence-electron chi connectivity index (χ2n) is 6.06. The number of carbonyl (C=O) groups excluding carboxylic acids is 2. The summed E-state index contributed by atoms with van der Waals surface area (Å²) in [7, 11) is 0. The number of amides is 2. The van der Waals surface area contributed by atoms with Crippen LogP contribution in [0.4, 0.5) is 11.5 Å². The molecule has 1 N–H and O–H groups in total. The third kappa shape index (κ3) is 4.12. The Balaban J connectivity index is 1.64. The number of nitrogens with zero attached hydrogens (tertiary/aromatic N) is 4. The first-order chi connectivity index (χ1) is 12.0. The molecule has 0 unspecified atom stereocenters. The molecule has 1 aliphatic heterocycles. The molecule has 2 aromatic rings. The minimum absolute atomic E-state index is 0.0225. The molecule has 130 valence electrons. The van der Waals surface area contributed by atoms with Crippen molar-refractivity contribution in [3.05, 3.63) is 47.9 Å². The molecule has 7 heteroatoms. The Hall–Kier alpha value is -2.96. The molecule has 0 aliphatic carbocycles. The van der Waals surface area contributed by atoms with Gasteiger partial charge in [-0.1, -0.05) is 6.07 Å². The number of rotatable bonds is 3. The van der Waals surface area contributed by atoms with E-state index in [0.29, 0.717) is 24.3 Å². The summed E-state index contributed by atoms with van der Waals surface area (Å²) in [5.41, 5.74) is 2.14. The average Bonchev–Trinajstić information content (AvgIpc) is 2.61. The fourth-order valence-electron chi connectivity index (χ4n) is 2.87.